The summed E-state index contributed by atoms with van der Waals surface area (Å²) in [6.45, 7) is 0. The van der Waals surface area contributed by atoms with Gasteiger partial charge in [-0.3, -0.25) is 0 Å². The molecule has 0 N–H and O–H groups in total. The number of hydrogen-bond donors (Lipinski definition) is 0. The van der Waals surface area contributed by atoms with Gasteiger partial charge in [0.25, 0.3) is 0 Å². The molecule has 1 aliphatic carbocycles. The van der Waals surface area contributed by atoms with Crippen LogP contribution in [0.5, 0.6) is 0 Å². The Balaban J connectivity index is 2.26. The zero-order valence-corrected chi connectivity index (χ0v) is 6.32. The highest BCUT2D eigenvalue weighted by atomic mass is 14.1. The lowest BCUT2D eigenvalue weighted by atomic mass is 9.96. The molecule has 0 aromatic carbocycles. The summed E-state index contributed by atoms with van der Waals surface area (Å²) in [5.41, 5.74) is 1.55. The Bertz CT molecular complexity index is 157. The fourth-order valence-electron chi connectivity index (χ4n) is 1.35. The van der Waals surface area contributed by atoms with Crippen molar-refractivity contribution in [1.29, 1.82) is 0 Å². The Morgan fingerprint density at radius 1 is 1.50 bits per heavy atom. The first-order valence-electron chi connectivity index (χ1n) is 4.01. The van der Waals surface area contributed by atoms with Gasteiger partial charge in [-0.05, 0) is 38.5 Å². The normalized spacial score (nSPS) is 17.7. The van der Waals surface area contributed by atoms with Crippen LogP contribution in [0, 0.1) is 12.3 Å². The van der Waals surface area contributed by atoms with Gasteiger partial charge >= 0.3 is 0 Å². The molecule has 0 aromatic heterocycles. The van der Waals surface area contributed by atoms with Crippen LogP contribution in [-0.4, -0.2) is 0 Å². The van der Waals surface area contributed by atoms with Gasteiger partial charge in [-0.15, -0.1) is 0 Å². The molecule has 0 fully saturated rings. The van der Waals surface area contributed by atoms with E-state index in [0.717, 1.165) is 12.8 Å². The third-order valence-electron chi connectivity index (χ3n) is 1.96. The molecule has 0 amide bonds. The van der Waals surface area contributed by atoms with Gasteiger partial charge in [-0.25, -0.2) is 0 Å². The molecule has 1 aliphatic rings. The van der Waals surface area contributed by atoms with E-state index in [1.807, 2.05) is 0 Å². The average Bonchev–Trinajstić information content (AvgIpc) is 2.03. The van der Waals surface area contributed by atoms with Crippen molar-refractivity contribution >= 4 is 0 Å². The van der Waals surface area contributed by atoms with Crippen LogP contribution in [0.15, 0.2) is 11.6 Å². The summed E-state index contributed by atoms with van der Waals surface area (Å²) >= 11 is 0. The van der Waals surface area contributed by atoms with E-state index in [1.54, 1.807) is 5.57 Å². The lowest BCUT2D eigenvalue weighted by Gasteiger charge is -2.10. The van der Waals surface area contributed by atoms with E-state index >= 15 is 0 Å². The highest BCUT2D eigenvalue weighted by Gasteiger charge is 2.01. The molecule has 0 saturated carbocycles. The number of allylic oxidation sites excluding steroid dienone is 2. The molecule has 0 aromatic rings. The molecule has 0 bridgehead atoms. The quantitative estimate of drug-likeness (QED) is 0.401. The third kappa shape index (κ3) is 2.27. The predicted octanol–water partition coefficient (Wildman–Crippen LogP) is 2.86. The van der Waals surface area contributed by atoms with Crippen molar-refractivity contribution in [3.05, 3.63) is 18.1 Å². The van der Waals surface area contributed by atoms with Crippen LogP contribution in [0.3, 0.4) is 0 Å². The maximum absolute atomic E-state index is 6.74. The van der Waals surface area contributed by atoms with Gasteiger partial charge < -0.3 is 0 Å². The monoisotopic (exact) mass is 133 g/mol. The number of hydrogen-bond acceptors (Lipinski definition) is 0. The molecule has 0 nitrogen and oxygen atoms in total. The average molecular weight is 133 g/mol. The van der Waals surface area contributed by atoms with E-state index < -0.39 is 0 Å². The van der Waals surface area contributed by atoms with Crippen molar-refractivity contribution in [2.75, 3.05) is 0 Å². The summed E-state index contributed by atoms with van der Waals surface area (Å²) in [7, 11) is 0. The van der Waals surface area contributed by atoms with E-state index in [0.29, 0.717) is 0 Å². The molecule has 0 saturated heterocycles. The minimum Gasteiger partial charge on any atom is -0.0888 e. The molecule has 1 radical (unpaired) electrons. The summed E-state index contributed by atoms with van der Waals surface area (Å²) in [5, 5.41) is 0. The van der Waals surface area contributed by atoms with E-state index in [-0.39, 0.29) is 0 Å². The maximum atomic E-state index is 6.74. The molecule has 0 heterocycles. The second kappa shape index (κ2) is 4.17. The van der Waals surface area contributed by atoms with Crippen molar-refractivity contribution in [2.24, 2.45) is 0 Å². The van der Waals surface area contributed by atoms with Gasteiger partial charge in [-0.2, -0.15) is 0 Å². The summed E-state index contributed by atoms with van der Waals surface area (Å²) in [4.78, 5) is 0. The van der Waals surface area contributed by atoms with Crippen molar-refractivity contribution in [3.63, 3.8) is 0 Å². The van der Waals surface area contributed by atoms with Crippen LogP contribution in [0.4, 0.5) is 0 Å². The zero-order chi connectivity index (χ0) is 7.23. The smallest absolute Gasteiger partial charge is 0.0136 e. The Kier molecular flexibility index (Phi) is 3.09. The highest BCUT2D eigenvalue weighted by Crippen LogP contribution is 2.20. The summed E-state index contributed by atoms with van der Waals surface area (Å²) in [6.07, 6.45) is 16.2. The molecular weight excluding hydrogens is 120 g/mol. The second-order valence-corrected chi connectivity index (χ2v) is 2.78. The fraction of sp³-hybridized carbons (Fsp3) is 0.600. The first kappa shape index (κ1) is 7.41. The summed E-state index contributed by atoms with van der Waals surface area (Å²) in [6, 6.07) is 0. The lowest BCUT2D eigenvalue weighted by molar-refractivity contribution is 0.678. The Labute approximate surface area is 63.3 Å². The summed E-state index contributed by atoms with van der Waals surface area (Å²) in [5.74, 6) is 2.42. The van der Waals surface area contributed by atoms with Gasteiger partial charge in [-0.1, -0.05) is 17.6 Å². The SMILES string of the molecule is [C]#CCCC1=CCCCC1. The van der Waals surface area contributed by atoms with Crippen LogP contribution in [0.1, 0.15) is 38.5 Å². The molecule has 0 aliphatic heterocycles. The Hall–Kier alpha value is -0.700. The predicted molar refractivity (Wildman–Crippen MR) is 42.9 cm³/mol. The van der Waals surface area contributed by atoms with Crippen molar-refractivity contribution in [3.8, 4) is 5.92 Å². The first-order chi connectivity index (χ1) is 4.93. The first-order valence-corrected chi connectivity index (χ1v) is 4.01. The van der Waals surface area contributed by atoms with Gasteiger partial charge in [0.1, 0.15) is 0 Å². The van der Waals surface area contributed by atoms with E-state index in [1.165, 1.54) is 25.7 Å². The highest BCUT2D eigenvalue weighted by molar-refractivity contribution is 5.06. The Morgan fingerprint density at radius 3 is 3.00 bits per heavy atom. The molecule has 0 heteroatoms. The molecule has 1 rings (SSSR count). The molecule has 0 unspecified atom stereocenters. The van der Waals surface area contributed by atoms with Gasteiger partial charge in [0.2, 0.25) is 0 Å². The van der Waals surface area contributed by atoms with Crippen molar-refractivity contribution in [2.45, 2.75) is 38.5 Å². The van der Waals surface area contributed by atoms with Crippen LogP contribution in [0.25, 0.3) is 0 Å². The molecule has 0 atom stereocenters. The van der Waals surface area contributed by atoms with E-state index in [2.05, 4.69) is 12.0 Å². The lowest BCUT2D eigenvalue weighted by Crippen LogP contribution is -1.90. The molecule has 0 spiro atoms. The minimum atomic E-state index is 0.811. The largest absolute Gasteiger partial charge is 0.0888 e. The zero-order valence-electron chi connectivity index (χ0n) is 6.32. The fourth-order valence-corrected chi connectivity index (χ4v) is 1.35. The number of rotatable bonds is 2. The van der Waals surface area contributed by atoms with Crippen LogP contribution in [-0.2, 0) is 0 Å². The van der Waals surface area contributed by atoms with E-state index in [4.69, 9.17) is 6.42 Å². The third-order valence-corrected chi connectivity index (χ3v) is 1.96. The van der Waals surface area contributed by atoms with Crippen molar-refractivity contribution in [1.82, 2.24) is 0 Å². The van der Waals surface area contributed by atoms with Crippen LogP contribution < -0.4 is 0 Å². The Morgan fingerprint density at radius 2 is 2.40 bits per heavy atom. The molecule has 53 valence electrons. The van der Waals surface area contributed by atoms with Gasteiger partial charge in [0.05, 0.1) is 0 Å². The van der Waals surface area contributed by atoms with Crippen LogP contribution in [0.2, 0.25) is 0 Å². The second-order valence-electron chi connectivity index (χ2n) is 2.78. The summed E-state index contributed by atoms with van der Waals surface area (Å²) < 4.78 is 0. The topological polar surface area (TPSA) is 0 Å². The van der Waals surface area contributed by atoms with Gasteiger partial charge in [0.15, 0.2) is 0 Å². The minimum absolute atomic E-state index is 0.811. The van der Waals surface area contributed by atoms with Crippen molar-refractivity contribution < 1.29 is 0 Å². The molecular formula is C10H13. The molecule has 10 heavy (non-hydrogen) atoms. The van der Waals surface area contributed by atoms with Crippen LogP contribution >= 0.6 is 0 Å². The van der Waals surface area contributed by atoms with E-state index in [9.17, 15) is 0 Å². The standard InChI is InChI=1S/C10H13/c1-2-3-7-10-8-5-4-6-9-10/h8H,3-7,9H2. The van der Waals surface area contributed by atoms with Gasteiger partial charge in [0, 0.05) is 6.42 Å². The maximum Gasteiger partial charge on any atom is 0.0136 e.